The summed E-state index contributed by atoms with van der Waals surface area (Å²) in [5.74, 6) is 0. The van der Waals surface area contributed by atoms with E-state index in [1.165, 1.54) is 44.3 Å². The highest BCUT2D eigenvalue weighted by molar-refractivity contribution is 5.37. The molecule has 18 heavy (non-hydrogen) atoms. The highest BCUT2D eigenvalue weighted by atomic mass is 15.2. The molecule has 1 N–H and O–H groups in total. The highest BCUT2D eigenvalue weighted by Crippen LogP contribution is 2.37. The van der Waals surface area contributed by atoms with Gasteiger partial charge in [-0.2, -0.15) is 0 Å². The van der Waals surface area contributed by atoms with Crippen molar-refractivity contribution in [3.8, 4) is 0 Å². The van der Waals surface area contributed by atoms with Crippen molar-refractivity contribution >= 4 is 0 Å². The van der Waals surface area contributed by atoms with Gasteiger partial charge in [0.25, 0.3) is 0 Å². The van der Waals surface area contributed by atoms with Crippen LogP contribution in [0.15, 0.2) is 18.2 Å². The lowest BCUT2D eigenvalue weighted by Gasteiger charge is -2.37. The van der Waals surface area contributed by atoms with E-state index in [2.05, 4.69) is 42.4 Å². The Morgan fingerprint density at radius 2 is 2.17 bits per heavy atom. The van der Waals surface area contributed by atoms with Gasteiger partial charge in [-0.15, -0.1) is 0 Å². The molecule has 2 nitrogen and oxygen atoms in total. The summed E-state index contributed by atoms with van der Waals surface area (Å²) in [5.41, 5.74) is 4.59. The molecule has 98 valence electrons. The van der Waals surface area contributed by atoms with E-state index in [0.717, 1.165) is 0 Å². The number of piperidine rings is 1. The lowest BCUT2D eigenvalue weighted by molar-refractivity contribution is 0.139. The Morgan fingerprint density at radius 3 is 3.00 bits per heavy atom. The van der Waals surface area contributed by atoms with Crippen LogP contribution in [0.2, 0.25) is 0 Å². The van der Waals surface area contributed by atoms with E-state index >= 15 is 0 Å². The smallest absolute Gasteiger partial charge is 0.0354 e. The summed E-state index contributed by atoms with van der Waals surface area (Å²) in [6.45, 7) is 4.70. The summed E-state index contributed by atoms with van der Waals surface area (Å²) in [4.78, 5) is 2.70. The zero-order valence-corrected chi connectivity index (χ0v) is 11.6. The maximum Gasteiger partial charge on any atom is 0.0354 e. The first-order valence-corrected chi connectivity index (χ1v) is 7.28. The number of aryl methyl sites for hydroxylation is 2. The van der Waals surface area contributed by atoms with E-state index in [0.29, 0.717) is 12.1 Å². The first-order valence-electron chi connectivity index (χ1n) is 7.28. The van der Waals surface area contributed by atoms with Gasteiger partial charge in [0.15, 0.2) is 0 Å². The standard InChI is InChI=1S/C16H24N2/c1-12-5-6-13-7-8-16(15(13)10-12)18-9-3-4-14(11-18)17-2/h5-6,10,14,16-17H,3-4,7-9,11H2,1-2H3. The fraction of sp³-hybridized carbons (Fsp3) is 0.625. The molecule has 2 aliphatic rings. The van der Waals surface area contributed by atoms with Crippen LogP contribution in [-0.2, 0) is 6.42 Å². The minimum atomic E-state index is 0.677. The topological polar surface area (TPSA) is 15.3 Å². The predicted molar refractivity (Wildman–Crippen MR) is 75.9 cm³/mol. The van der Waals surface area contributed by atoms with Crippen LogP contribution in [0.3, 0.4) is 0 Å². The second kappa shape index (κ2) is 5.02. The molecule has 2 heteroatoms. The summed E-state index contributed by atoms with van der Waals surface area (Å²) >= 11 is 0. The molecule has 3 rings (SSSR count). The maximum atomic E-state index is 3.45. The van der Waals surface area contributed by atoms with Crippen molar-refractivity contribution in [2.24, 2.45) is 0 Å². The monoisotopic (exact) mass is 244 g/mol. The highest BCUT2D eigenvalue weighted by Gasteiger charge is 2.30. The summed E-state index contributed by atoms with van der Waals surface area (Å²) < 4.78 is 0. The average Bonchev–Trinajstić information content (AvgIpc) is 2.81. The molecule has 2 atom stereocenters. The molecular formula is C16H24N2. The minimum Gasteiger partial charge on any atom is -0.316 e. The molecule has 0 radical (unpaired) electrons. The van der Waals surface area contributed by atoms with Crippen molar-refractivity contribution < 1.29 is 0 Å². The molecule has 1 aromatic carbocycles. The fourth-order valence-electron chi connectivity index (χ4n) is 3.60. The molecule has 0 spiro atoms. The van der Waals surface area contributed by atoms with Gasteiger partial charge in [0.05, 0.1) is 0 Å². The molecule has 1 fully saturated rings. The number of nitrogens with zero attached hydrogens (tertiary/aromatic N) is 1. The van der Waals surface area contributed by atoms with Crippen LogP contribution in [0.25, 0.3) is 0 Å². The first kappa shape index (κ1) is 12.2. The molecule has 0 bridgehead atoms. The number of hydrogen-bond donors (Lipinski definition) is 1. The Morgan fingerprint density at radius 1 is 1.28 bits per heavy atom. The molecular weight excluding hydrogens is 220 g/mol. The normalized spacial score (nSPS) is 28.3. The van der Waals surface area contributed by atoms with Gasteiger partial charge in [-0.25, -0.2) is 0 Å². The molecule has 1 saturated heterocycles. The zero-order valence-electron chi connectivity index (χ0n) is 11.6. The summed E-state index contributed by atoms with van der Waals surface area (Å²) in [5, 5.41) is 3.45. The van der Waals surface area contributed by atoms with E-state index < -0.39 is 0 Å². The van der Waals surface area contributed by atoms with Crippen LogP contribution < -0.4 is 5.32 Å². The Hall–Kier alpha value is -0.860. The van der Waals surface area contributed by atoms with Crippen molar-refractivity contribution in [3.63, 3.8) is 0 Å². The number of fused-ring (bicyclic) bond motifs is 1. The molecule has 1 heterocycles. The Labute approximate surface area is 110 Å². The largest absolute Gasteiger partial charge is 0.316 e. The van der Waals surface area contributed by atoms with E-state index in [1.807, 2.05) is 0 Å². The molecule has 1 aliphatic heterocycles. The van der Waals surface area contributed by atoms with Crippen LogP contribution >= 0.6 is 0 Å². The second-order valence-electron chi connectivity index (χ2n) is 5.88. The minimum absolute atomic E-state index is 0.677. The van der Waals surface area contributed by atoms with E-state index in [4.69, 9.17) is 0 Å². The lowest BCUT2D eigenvalue weighted by Crippen LogP contribution is -2.45. The zero-order chi connectivity index (χ0) is 12.5. The van der Waals surface area contributed by atoms with Gasteiger partial charge < -0.3 is 5.32 Å². The van der Waals surface area contributed by atoms with Crippen molar-refractivity contribution in [2.45, 2.75) is 44.7 Å². The maximum absolute atomic E-state index is 3.45. The van der Waals surface area contributed by atoms with Crippen molar-refractivity contribution in [1.29, 1.82) is 0 Å². The molecule has 1 aromatic rings. The van der Waals surface area contributed by atoms with Gasteiger partial charge >= 0.3 is 0 Å². The van der Waals surface area contributed by atoms with Crippen molar-refractivity contribution in [2.75, 3.05) is 20.1 Å². The average molecular weight is 244 g/mol. The number of hydrogen-bond acceptors (Lipinski definition) is 2. The van der Waals surface area contributed by atoms with Gasteiger partial charge in [-0.1, -0.05) is 23.8 Å². The number of likely N-dealkylation sites (tertiary alicyclic amines) is 1. The van der Waals surface area contributed by atoms with Crippen molar-refractivity contribution in [1.82, 2.24) is 10.2 Å². The fourth-order valence-corrected chi connectivity index (χ4v) is 3.60. The van der Waals surface area contributed by atoms with E-state index in [1.54, 1.807) is 11.1 Å². The molecule has 0 aromatic heterocycles. The SMILES string of the molecule is CNC1CCCN(C2CCc3ccc(C)cc32)C1. The Bertz CT molecular complexity index is 427. The molecule has 0 saturated carbocycles. The van der Waals surface area contributed by atoms with Gasteiger partial charge in [-0.05, 0) is 57.3 Å². The predicted octanol–water partition coefficient (Wildman–Crippen LogP) is 2.67. The van der Waals surface area contributed by atoms with Crippen LogP contribution in [0.4, 0.5) is 0 Å². The quantitative estimate of drug-likeness (QED) is 0.860. The van der Waals surface area contributed by atoms with Crippen LogP contribution in [0.5, 0.6) is 0 Å². The second-order valence-corrected chi connectivity index (χ2v) is 5.88. The number of benzene rings is 1. The van der Waals surface area contributed by atoms with E-state index in [9.17, 15) is 0 Å². The van der Waals surface area contributed by atoms with E-state index in [-0.39, 0.29) is 0 Å². The van der Waals surface area contributed by atoms with Crippen LogP contribution in [0, 0.1) is 6.92 Å². The summed E-state index contributed by atoms with van der Waals surface area (Å²) in [7, 11) is 2.10. The summed E-state index contributed by atoms with van der Waals surface area (Å²) in [6, 6.07) is 8.37. The first-order chi connectivity index (χ1) is 8.78. The number of likely N-dealkylation sites (N-methyl/N-ethyl adjacent to an activating group) is 1. The summed E-state index contributed by atoms with van der Waals surface area (Å²) in [6.07, 6.45) is 5.25. The molecule has 0 amide bonds. The van der Waals surface area contributed by atoms with Crippen LogP contribution in [-0.4, -0.2) is 31.1 Å². The van der Waals surface area contributed by atoms with Gasteiger partial charge in [-0.3, -0.25) is 4.90 Å². The van der Waals surface area contributed by atoms with Gasteiger partial charge in [0.1, 0.15) is 0 Å². The Balaban J connectivity index is 1.81. The third-order valence-corrected chi connectivity index (χ3v) is 4.65. The number of nitrogens with one attached hydrogen (secondary N) is 1. The van der Waals surface area contributed by atoms with Crippen LogP contribution in [0.1, 0.15) is 42.0 Å². The Kier molecular flexibility index (Phi) is 3.40. The third-order valence-electron chi connectivity index (χ3n) is 4.65. The number of rotatable bonds is 2. The molecule has 2 unspecified atom stereocenters. The molecule has 1 aliphatic carbocycles. The lowest BCUT2D eigenvalue weighted by atomic mass is 9.99. The third kappa shape index (κ3) is 2.19. The van der Waals surface area contributed by atoms with Crippen molar-refractivity contribution in [3.05, 3.63) is 34.9 Å². The van der Waals surface area contributed by atoms with Gasteiger partial charge in [0, 0.05) is 18.6 Å². The van der Waals surface area contributed by atoms with Gasteiger partial charge in [0.2, 0.25) is 0 Å².